The number of hydrogen-bond donors (Lipinski definition) is 3. The lowest BCUT2D eigenvalue weighted by Crippen LogP contribution is -2.43. The Morgan fingerprint density at radius 2 is 1.86 bits per heavy atom. The lowest BCUT2D eigenvalue weighted by molar-refractivity contribution is -0.130. The van der Waals surface area contributed by atoms with Crippen molar-refractivity contribution in [3.8, 4) is 0 Å². The van der Waals surface area contributed by atoms with E-state index in [1.54, 1.807) is 14.0 Å². The number of amides is 3. The molecule has 7 nitrogen and oxygen atoms in total. The summed E-state index contributed by atoms with van der Waals surface area (Å²) in [6.45, 7) is 5.39. The first-order valence-corrected chi connectivity index (χ1v) is 9.60. The van der Waals surface area contributed by atoms with E-state index in [-0.39, 0.29) is 35.9 Å². The lowest BCUT2D eigenvalue weighted by Gasteiger charge is -2.19. The minimum Gasteiger partial charge on any atom is -0.356 e. The maximum absolute atomic E-state index is 12.3. The molecule has 3 amide bonds. The van der Waals surface area contributed by atoms with E-state index >= 15 is 0 Å². The molecule has 156 valence electrons. The van der Waals surface area contributed by atoms with Crippen LogP contribution in [0.25, 0.3) is 0 Å². The Morgan fingerprint density at radius 1 is 1.21 bits per heavy atom. The molecule has 2 rings (SSSR count). The summed E-state index contributed by atoms with van der Waals surface area (Å²) in [5, 5.41) is 9.94. The van der Waals surface area contributed by atoms with Gasteiger partial charge in [0.2, 0.25) is 0 Å². The van der Waals surface area contributed by atoms with Crippen LogP contribution >= 0.6 is 35.6 Å². The van der Waals surface area contributed by atoms with Crippen molar-refractivity contribution < 1.29 is 9.59 Å². The Labute approximate surface area is 188 Å². The van der Waals surface area contributed by atoms with E-state index in [4.69, 9.17) is 11.6 Å². The summed E-state index contributed by atoms with van der Waals surface area (Å²) in [6, 6.07) is 7.45. The number of carbonyl (C=O) groups excluding carboxylic acids is 2. The lowest BCUT2D eigenvalue weighted by atomic mass is 9.99. The number of nitrogens with zero attached hydrogens (tertiary/aromatic N) is 2. The maximum atomic E-state index is 12.3. The minimum atomic E-state index is -0.774. The highest BCUT2D eigenvalue weighted by Gasteiger charge is 2.45. The van der Waals surface area contributed by atoms with Gasteiger partial charge >= 0.3 is 6.03 Å². The van der Waals surface area contributed by atoms with Crippen molar-refractivity contribution in [2.75, 3.05) is 26.7 Å². The molecule has 1 aromatic carbocycles. The van der Waals surface area contributed by atoms with Crippen molar-refractivity contribution in [1.82, 2.24) is 20.9 Å². The molecule has 0 aromatic heterocycles. The van der Waals surface area contributed by atoms with E-state index in [9.17, 15) is 9.59 Å². The predicted molar refractivity (Wildman–Crippen MR) is 123 cm³/mol. The first-order valence-electron chi connectivity index (χ1n) is 9.22. The summed E-state index contributed by atoms with van der Waals surface area (Å²) in [4.78, 5) is 29.8. The molecule has 0 saturated carbocycles. The van der Waals surface area contributed by atoms with Gasteiger partial charge in [0.1, 0.15) is 5.54 Å². The van der Waals surface area contributed by atoms with Gasteiger partial charge in [-0.2, -0.15) is 0 Å². The van der Waals surface area contributed by atoms with Crippen molar-refractivity contribution in [3.63, 3.8) is 0 Å². The first kappa shape index (κ1) is 24.5. The molecular formula is C19H29ClIN5O2. The zero-order valence-electron chi connectivity index (χ0n) is 16.5. The van der Waals surface area contributed by atoms with Crippen LogP contribution in [0.1, 0.15) is 32.3 Å². The highest BCUT2D eigenvalue weighted by molar-refractivity contribution is 14.0. The summed E-state index contributed by atoms with van der Waals surface area (Å²) >= 11 is 5.88. The molecule has 28 heavy (non-hydrogen) atoms. The fourth-order valence-corrected chi connectivity index (χ4v) is 2.96. The fourth-order valence-electron chi connectivity index (χ4n) is 2.83. The third-order valence-electron chi connectivity index (χ3n) is 4.75. The minimum absolute atomic E-state index is 0. The molecule has 9 heteroatoms. The molecule has 3 N–H and O–H groups in total. The van der Waals surface area contributed by atoms with Crippen molar-refractivity contribution >= 4 is 53.5 Å². The zero-order valence-corrected chi connectivity index (χ0v) is 19.6. The fraction of sp³-hybridized carbons (Fsp3) is 0.526. The van der Waals surface area contributed by atoms with Crippen molar-refractivity contribution in [2.45, 2.75) is 38.6 Å². The van der Waals surface area contributed by atoms with Gasteiger partial charge in [0.15, 0.2) is 5.96 Å². The van der Waals surface area contributed by atoms with Gasteiger partial charge in [-0.05, 0) is 43.9 Å². The van der Waals surface area contributed by atoms with Crippen LogP contribution in [-0.2, 0) is 11.2 Å². The predicted octanol–water partition coefficient (Wildman–Crippen LogP) is 2.78. The zero-order chi connectivity index (χ0) is 19.9. The van der Waals surface area contributed by atoms with Crippen LogP contribution in [0, 0.1) is 0 Å². The monoisotopic (exact) mass is 521 g/mol. The van der Waals surface area contributed by atoms with Gasteiger partial charge < -0.3 is 16.0 Å². The van der Waals surface area contributed by atoms with Crippen LogP contribution in [0.4, 0.5) is 4.79 Å². The number of halogens is 2. The normalized spacial score (nSPS) is 19.3. The van der Waals surface area contributed by atoms with E-state index in [0.29, 0.717) is 31.9 Å². The Balaban J connectivity index is 0.00000392. The highest BCUT2D eigenvalue weighted by Crippen LogP contribution is 2.20. The maximum Gasteiger partial charge on any atom is 0.325 e. The molecule has 0 bridgehead atoms. The van der Waals surface area contributed by atoms with Crippen LogP contribution in [0.15, 0.2) is 29.3 Å². The average molecular weight is 522 g/mol. The van der Waals surface area contributed by atoms with Crippen molar-refractivity contribution in [3.05, 3.63) is 34.9 Å². The molecular weight excluding hydrogens is 493 g/mol. The van der Waals surface area contributed by atoms with Crippen LogP contribution in [0.3, 0.4) is 0 Å². The Hall–Kier alpha value is -1.55. The molecule has 1 fully saturated rings. The molecule has 1 saturated heterocycles. The van der Waals surface area contributed by atoms with E-state index in [0.717, 1.165) is 18.0 Å². The van der Waals surface area contributed by atoms with Crippen LogP contribution in [0.2, 0.25) is 5.02 Å². The number of urea groups is 1. The number of carbonyl (C=O) groups is 2. The SMILES string of the molecule is CCC1(C)NC(=O)N(CCCNC(=NC)NCCc2ccc(Cl)cc2)C1=O.I. The van der Waals surface area contributed by atoms with E-state index in [1.807, 2.05) is 31.2 Å². The Morgan fingerprint density at radius 3 is 2.43 bits per heavy atom. The summed E-state index contributed by atoms with van der Waals surface area (Å²) in [6.07, 6.45) is 2.09. The van der Waals surface area contributed by atoms with E-state index < -0.39 is 5.54 Å². The Bertz CT molecular complexity index is 698. The molecule has 1 unspecified atom stereocenters. The van der Waals surface area contributed by atoms with Crippen molar-refractivity contribution in [1.29, 1.82) is 0 Å². The molecule has 1 aromatic rings. The Kier molecular flexibility index (Phi) is 10.0. The standard InChI is InChI=1S/C19H28ClN5O2.HI/c1-4-19(2)16(26)25(18(27)24-19)13-5-11-22-17(21-3)23-12-10-14-6-8-15(20)9-7-14;/h6-9H,4-5,10-13H2,1-3H3,(H,24,27)(H2,21,22,23);1H. The molecule has 1 aliphatic rings. The number of aliphatic imine (C=N–C) groups is 1. The topological polar surface area (TPSA) is 85.8 Å². The quantitative estimate of drug-likeness (QED) is 0.161. The van der Waals surface area contributed by atoms with Gasteiger partial charge in [0.05, 0.1) is 0 Å². The van der Waals surface area contributed by atoms with Gasteiger partial charge in [0.25, 0.3) is 5.91 Å². The van der Waals surface area contributed by atoms with Gasteiger partial charge in [-0.3, -0.25) is 14.7 Å². The second-order valence-electron chi connectivity index (χ2n) is 6.73. The number of benzene rings is 1. The summed E-state index contributed by atoms with van der Waals surface area (Å²) in [5.74, 6) is 0.542. The number of imide groups is 1. The van der Waals surface area contributed by atoms with Gasteiger partial charge in [-0.15, -0.1) is 24.0 Å². The number of rotatable bonds is 8. The average Bonchev–Trinajstić information content (AvgIpc) is 2.88. The number of nitrogens with one attached hydrogen (secondary N) is 3. The van der Waals surface area contributed by atoms with Gasteiger partial charge in [-0.25, -0.2) is 4.79 Å². The molecule has 1 atom stereocenters. The first-order chi connectivity index (χ1) is 12.9. The molecule has 0 aliphatic carbocycles. The van der Waals surface area contributed by atoms with Crippen LogP contribution < -0.4 is 16.0 Å². The number of hydrogen-bond acceptors (Lipinski definition) is 3. The van der Waals surface area contributed by atoms with Crippen LogP contribution in [-0.4, -0.2) is 55.0 Å². The smallest absolute Gasteiger partial charge is 0.325 e. The molecule has 1 aliphatic heterocycles. The summed E-state index contributed by atoms with van der Waals surface area (Å²) in [7, 11) is 1.71. The van der Waals surface area contributed by atoms with Crippen LogP contribution in [0.5, 0.6) is 0 Å². The number of guanidine groups is 1. The second-order valence-corrected chi connectivity index (χ2v) is 7.16. The third kappa shape index (κ3) is 6.51. The van der Waals surface area contributed by atoms with Crippen molar-refractivity contribution in [2.24, 2.45) is 4.99 Å². The molecule has 0 spiro atoms. The highest BCUT2D eigenvalue weighted by atomic mass is 127. The molecule has 0 radical (unpaired) electrons. The largest absolute Gasteiger partial charge is 0.356 e. The third-order valence-corrected chi connectivity index (χ3v) is 5.00. The van der Waals surface area contributed by atoms with E-state index in [1.165, 1.54) is 10.5 Å². The second kappa shape index (κ2) is 11.5. The van der Waals surface area contributed by atoms with E-state index in [2.05, 4.69) is 20.9 Å². The summed E-state index contributed by atoms with van der Waals surface area (Å²) < 4.78 is 0. The van der Waals surface area contributed by atoms with Gasteiger partial charge in [-0.1, -0.05) is 30.7 Å². The summed E-state index contributed by atoms with van der Waals surface area (Å²) in [5.41, 5.74) is 0.420. The molecule has 1 heterocycles. The van der Waals surface area contributed by atoms with Gasteiger partial charge in [0, 0.05) is 31.7 Å².